The highest BCUT2D eigenvalue weighted by Crippen LogP contribution is 2.32. The van der Waals surface area contributed by atoms with Crippen LogP contribution in [0.5, 0.6) is 0 Å². The van der Waals surface area contributed by atoms with Gasteiger partial charge in [-0.1, -0.05) is 11.8 Å². The largest absolute Gasteiger partial charge is 0.464 e. The third kappa shape index (κ3) is 3.22. The first-order valence-electron chi connectivity index (χ1n) is 7.65. The van der Waals surface area contributed by atoms with Crippen molar-refractivity contribution in [2.24, 2.45) is 5.73 Å². The van der Waals surface area contributed by atoms with E-state index in [1.165, 1.54) is 11.3 Å². The molecule has 2 N–H and O–H groups in total. The number of hydrogen-bond donors (Lipinski definition) is 1. The fraction of sp³-hybridized carbons (Fsp3) is 0.375. The van der Waals surface area contributed by atoms with Crippen LogP contribution in [0.2, 0.25) is 0 Å². The number of rotatable bonds is 7. The van der Waals surface area contributed by atoms with Gasteiger partial charge in [-0.05, 0) is 38.4 Å². The Balaban J connectivity index is 2.03. The number of unbranched alkanes of at least 4 members (excludes halogenated alkanes) is 1. The highest BCUT2D eigenvalue weighted by molar-refractivity contribution is 7.99. The van der Waals surface area contributed by atoms with Crippen LogP contribution in [0.15, 0.2) is 38.1 Å². The second-order valence-electron chi connectivity index (χ2n) is 5.09. The molecule has 3 rings (SSSR count). The van der Waals surface area contributed by atoms with Crippen molar-refractivity contribution in [3.63, 3.8) is 0 Å². The van der Waals surface area contributed by atoms with Crippen molar-refractivity contribution < 1.29 is 4.42 Å². The molecule has 0 aliphatic carbocycles. The van der Waals surface area contributed by atoms with E-state index in [1.54, 1.807) is 22.6 Å². The van der Waals surface area contributed by atoms with Gasteiger partial charge in [0.1, 0.15) is 10.6 Å². The Morgan fingerprint density at radius 1 is 1.43 bits per heavy atom. The fourth-order valence-corrected chi connectivity index (χ4v) is 4.45. The van der Waals surface area contributed by atoms with E-state index in [4.69, 9.17) is 15.1 Å². The monoisotopic (exact) mass is 349 g/mol. The van der Waals surface area contributed by atoms with Gasteiger partial charge in [0.25, 0.3) is 5.56 Å². The summed E-state index contributed by atoms with van der Waals surface area (Å²) in [5, 5.41) is 3.38. The number of aromatic nitrogens is 2. The molecule has 0 atom stereocenters. The molecule has 122 valence electrons. The summed E-state index contributed by atoms with van der Waals surface area (Å²) in [5.41, 5.74) is 6.36. The number of furan rings is 1. The quantitative estimate of drug-likeness (QED) is 0.401. The number of fused-ring (bicyclic) bond motifs is 1. The maximum absolute atomic E-state index is 12.9. The van der Waals surface area contributed by atoms with E-state index in [1.807, 2.05) is 24.4 Å². The van der Waals surface area contributed by atoms with Crippen molar-refractivity contribution in [1.29, 1.82) is 0 Å². The van der Waals surface area contributed by atoms with Crippen molar-refractivity contribution in [3.8, 4) is 11.3 Å². The summed E-state index contributed by atoms with van der Waals surface area (Å²) in [6.45, 7) is 3.28. The number of thiophene rings is 1. The van der Waals surface area contributed by atoms with Crippen LogP contribution in [0.1, 0.15) is 19.8 Å². The lowest BCUT2D eigenvalue weighted by molar-refractivity contribution is 0.582. The molecule has 3 aromatic rings. The Morgan fingerprint density at radius 3 is 3.00 bits per heavy atom. The normalized spacial score (nSPS) is 11.4. The van der Waals surface area contributed by atoms with E-state index < -0.39 is 0 Å². The van der Waals surface area contributed by atoms with Crippen LogP contribution in [0, 0.1) is 0 Å². The highest BCUT2D eigenvalue weighted by Gasteiger charge is 2.17. The molecule has 7 heteroatoms. The summed E-state index contributed by atoms with van der Waals surface area (Å²) >= 11 is 3.11. The molecular formula is C16H19N3O2S2. The molecule has 0 fully saturated rings. The minimum absolute atomic E-state index is 0.00600. The van der Waals surface area contributed by atoms with Crippen LogP contribution >= 0.6 is 23.1 Å². The Kier molecular flexibility index (Phi) is 5.20. The highest BCUT2D eigenvalue weighted by atomic mass is 32.2. The minimum Gasteiger partial charge on any atom is -0.464 e. The molecule has 23 heavy (non-hydrogen) atoms. The van der Waals surface area contributed by atoms with E-state index >= 15 is 0 Å². The number of nitrogens with zero attached hydrogens (tertiary/aromatic N) is 2. The molecule has 0 aromatic carbocycles. The van der Waals surface area contributed by atoms with Gasteiger partial charge >= 0.3 is 0 Å². The first kappa shape index (κ1) is 16.3. The number of nitrogens with two attached hydrogens (primary N) is 1. The topological polar surface area (TPSA) is 74.1 Å². The Labute approximate surface area is 142 Å². The van der Waals surface area contributed by atoms with Gasteiger partial charge in [-0.25, -0.2) is 4.98 Å². The number of hydrogen-bond acceptors (Lipinski definition) is 6. The third-order valence-electron chi connectivity index (χ3n) is 3.59. The van der Waals surface area contributed by atoms with Gasteiger partial charge in [0.05, 0.1) is 11.6 Å². The fourth-order valence-electron chi connectivity index (χ4n) is 2.42. The number of thioether (sulfide) groups is 1. The van der Waals surface area contributed by atoms with Gasteiger partial charge in [-0.15, -0.1) is 11.3 Å². The molecule has 0 amide bonds. The summed E-state index contributed by atoms with van der Waals surface area (Å²) in [6, 6.07) is 3.69. The lowest BCUT2D eigenvalue weighted by Crippen LogP contribution is -2.22. The van der Waals surface area contributed by atoms with E-state index in [0.717, 1.165) is 34.1 Å². The third-order valence-corrected chi connectivity index (χ3v) is 5.53. The van der Waals surface area contributed by atoms with E-state index in [-0.39, 0.29) is 5.56 Å². The maximum atomic E-state index is 12.9. The molecule has 5 nitrogen and oxygen atoms in total. The average Bonchev–Trinajstić information content (AvgIpc) is 3.20. The Bertz CT molecular complexity index is 837. The van der Waals surface area contributed by atoms with Crippen molar-refractivity contribution in [2.75, 3.05) is 12.3 Å². The molecule has 0 radical (unpaired) electrons. The molecule has 0 saturated carbocycles. The first-order valence-corrected chi connectivity index (χ1v) is 9.51. The molecule has 0 unspecified atom stereocenters. The van der Waals surface area contributed by atoms with Crippen LogP contribution in [0.25, 0.3) is 21.5 Å². The molecule has 0 saturated heterocycles. The molecule has 0 bridgehead atoms. The van der Waals surface area contributed by atoms with Crippen LogP contribution in [-0.2, 0) is 6.54 Å². The van der Waals surface area contributed by atoms with E-state index in [9.17, 15) is 4.79 Å². The van der Waals surface area contributed by atoms with Crippen molar-refractivity contribution in [3.05, 3.63) is 34.1 Å². The van der Waals surface area contributed by atoms with Gasteiger partial charge in [0.15, 0.2) is 5.16 Å². The van der Waals surface area contributed by atoms with Gasteiger partial charge in [-0.3, -0.25) is 9.36 Å². The average molecular weight is 349 g/mol. The van der Waals surface area contributed by atoms with Gasteiger partial charge in [-0.2, -0.15) is 0 Å². The smallest absolute Gasteiger partial charge is 0.263 e. The molecular weight excluding hydrogens is 330 g/mol. The predicted molar refractivity (Wildman–Crippen MR) is 96.3 cm³/mol. The van der Waals surface area contributed by atoms with Crippen LogP contribution in [0.4, 0.5) is 0 Å². The Hall–Kier alpha value is -1.57. The summed E-state index contributed by atoms with van der Waals surface area (Å²) < 4.78 is 7.19. The lowest BCUT2D eigenvalue weighted by Gasteiger charge is -2.10. The zero-order valence-corrected chi connectivity index (χ0v) is 14.6. The molecule has 0 spiro atoms. The minimum atomic E-state index is 0.00600. The summed E-state index contributed by atoms with van der Waals surface area (Å²) in [4.78, 5) is 18.4. The van der Waals surface area contributed by atoms with Crippen molar-refractivity contribution in [1.82, 2.24) is 9.55 Å². The molecule has 3 heterocycles. The molecule has 0 aliphatic rings. The predicted octanol–water partition coefficient (Wildman–Crippen LogP) is 3.57. The van der Waals surface area contributed by atoms with Crippen LogP contribution in [0.3, 0.4) is 0 Å². The van der Waals surface area contributed by atoms with E-state index in [0.29, 0.717) is 24.2 Å². The zero-order chi connectivity index (χ0) is 16.2. The van der Waals surface area contributed by atoms with Crippen molar-refractivity contribution >= 4 is 33.3 Å². The standard InChI is InChI=1S/C16H19N3O2S2/c1-2-19-15(20)13-11(12-6-5-8-21-12)10-23-14(13)18-16(19)22-9-4-3-7-17/h5-6,8,10H,2-4,7,9,17H2,1H3. The summed E-state index contributed by atoms with van der Waals surface area (Å²) in [5.74, 6) is 1.63. The zero-order valence-electron chi connectivity index (χ0n) is 12.9. The molecule has 0 aliphatic heterocycles. The maximum Gasteiger partial charge on any atom is 0.263 e. The Morgan fingerprint density at radius 2 is 2.30 bits per heavy atom. The summed E-state index contributed by atoms with van der Waals surface area (Å²) in [7, 11) is 0. The van der Waals surface area contributed by atoms with Gasteiger partial charge < -0.3 is 10.2 Å². The lowest BCUT2D eigenvalue weighted by atomic mass is 10.2. The second kappa shape index (κ2) is 7.33. The van der Waals surface area contributed by atoms with Gasteiger partial charge in [0.2, 0.25) is 0 Å². The van der Waals surface area contributed by atoms with E-state index in [2.05, 4.69) is 0 Å². The van der Waals surface area contributed by atoms with Crippen LogP contribution < -0.4 is 11.3 Å². The first-order chi connectivity index (χ1) is 11.3. The molecule has 3 aromatic heterocycles. The van der Waals surface area contributed by atoms with Crippen molar-refractivity contribution in [2.45, 2.75) is 31.5 Å². The van der Waals surface area contributed by atoms with Gasteiger partial charge in [0, 0.05) is 23.2 Å². The summed E-state index contributed by atoms with van der Waals surface area (Å²) in [6.07, 6.45) is 3.64. The van der Waals surface area contributed by atoms with Crippen LogP contribution in [-0.4, -0.2) is 21.8 Å². The second-order valence-corrected chi connectivity index (χ2v) is 7.02. The SMILES string of the molecule is CCn1c(SCCCCN)nc2scc(-c3ccco3)c2c1=O.